The summed E-state index contributed by atoms with van der Waals surface area (Å²) in [6, 6.07) is 8.76. The summed E-state index contributed by atoms with van der Waals surface area (Å²) in [5.74, 6) is 0.174. The fourth-order valence-corrected chi connectivity index (χ4v) is 3.29. The van der Waals surface area contributed by atoms with Crippen molar-refractivity contribution in [3.63, 3.8) is 0 Å². The number of fused-ring (bicyclic) bond motifs is 1. The quantitative estimate of drug-likeness (QED) is 0.855. The molecule has 1 aliphatic heterocycles. The third kappa shape index (κ3) is 4.46. The molecule has 0 unspecified atom stereocenters. The fourth-order valence-electron chi connectivity index (χ4n) is 3.29. The van der Waals surface area contributed by atoms with Gasteiger partial charge in [-0.2, -0.15) is 0 Å². The predicted octanol–water partition coefficient (Wildman–Crippen LogP) is 1.14. The molecule has 1 saturated heterocycles. The van der Waals surface area contributed by atoms with Crippen molar-refractivity contribution in [1.82, 2.24) is 20.1 Å². The van der Waals surface area contributed by atoms with E-state index in [2.05, 4.69) is 34.1 Å². The van der Waals surface area contributed by atoms with Crippen LogP contribution in [0.1, 0.15) is 17.3 Å². The number of aromatic amines is 1. The van der Waals surface area contributed by atoms with E-state index < -0.39 is 0 Å². The van der Waals surface area contributed by atoms with E-state index in [1.54, 1.807) is 0 Å². The Labute approximate surface area is 147 Å². The number of nitrogens with zero attached hydrogens (tertiary/aromatic N) is 2. The number of hydrogen-bond acceptors (Lipinski definition) is 4. The zero-order valence-electron chi connectivity index (χ0n) is 14.9. The van der Waals surface area contributed by atoms with Gasteiger partial charge in [-0.05, 0) is 19.0 Å². The van der Waals surface area contributed by atoms with Crippen LogP contribution in [0.25, 0.3) is 10.9 Å². The zero-order valence-corrected chi connectivity index (χ0v) is 14.9. The monoisotopic (exact) mass is 342 g/mol. The van der Waals surface area contributed by atoms with Crippen molar-refractivity contribution in [2.24, 2.45) is 5.92 Å². The highest BCUT2D eigenvalue weighted by molar-refractivity contribution is 6.05. The first-order valence-electron chi connectivity index (χ1n) is 8.84. The van der Waals surface area contributed by atoms with Crippen LogP contribution in [0.2, 0.25) is 0 Å². The standard InChI is InChI=1S/C19H26N4O2/c1-14(13-23-9-7-22(2)8-10-23)12-20-19(25)16-11-18(24)21-17-6-4-3-5-15(16)17/h3-6,11,14H,7-10,12-13H2,1-2H3,(H,20,25)(H,21,24)/t14-/m1/s1. The summed E-state index contributed by atoms with van der Waals surface area (Å²) in [5, 5.41) is 3.76. The third-order valence-corrected chi connectivity index (χ3v) is 4.77. The van der Waals surface area contributed by atoms with Crippen LogP contribution in [-0.4, -0.2) is 67.0 Å². The Morgan fingerprint density at radius 2 is 1.96 bits per heavy atom. The molecule has 1 amide bonds. The smallest absolute Gasteiger partial charge is 0.252 e. The highest BCUT2D eigenvalue weighted by Gasteiger charge is 2.17. The zero-order chi connectivity index (χ0) is 17.8. The molecule has 2 N–H and O–H groups in total. The summed E-state index contributed by atoms with van der Waals surface area (Å²) in [6.07, 6.45) is 0. The van der Waals surface area contributed by atoms with Gasteiger partial charge in [-0.1, -0.05) is 25.1 Å². The lowest BCUT2D eigenvalue weighted by Crippen LogP contribution is -2.46. The molecule has 25 heavy (non-hydrogen) atoms. The van der Waals surface area contributed by atoms with Gasteiger partial charge in [0.15, 0.2) is 0 Å². The number of aromatic nitrogens is 1. The van der Waals surface area contributed by atoms with Crippen molar-refractivity contribution < 1.29 is 4.79 Å². The van der Waals surface area contributed by atoms with Crippen molar-refractivity contribution in [1.29, 1.82) is 0 Å². The average Bonchev–Trinajstić information content (AvgIpc) is 2.61. The molecule has 134 valence electrons. The Morgan fingerprint density at radius 3 is 2.72 bits per heavy atom. The van der Waals surface area contributed by atoms with Gasteiger partial charge in [-0.25, -0.2) is 0 Å². The van der Waals surface area contributed by atoms with Gasteiger partial charge in [-0.15, -0.1) is 0 Å². The number of benzene rings is 1. The second kappa shape index (κ2) is 7.80. The number of amides is 1. The van der Waals surface area contributed by atoms with E-state index in [-0.39, 0.29) is 11.5 Å². The normalized spacial score (nSPS) is 17.5. The highest BCUT2D eigenvalue weighted by Crippen LogP contribution is 2.14. The SMILES string of the molecule is C[C@H](CNC(=O)c1cc(=O)[nH]c2ccccc12)CN1CCN(C)CC1. The highest BCUT2D eigenvalue weighted by atomic mass is 16.2. The molecular formula is C19H26N4O2. The Kier molecular flexibility index (Phi) is 5.50. The van der Waals surface area contributed by atoms with Crippen LogP contribution in [0, 0.1) is 5.92 Å². The number of hydrogen-bond donors (Lipinski definition) is 2. The Hall–Kier alpha value is -2.18. The third-order valence-electron chi connectivity index (χ3n) is 4.77. The molecule has 3 rings (SSSR count). The van der Waals surface area contributed by atoms with Crippen molar-refractivity contribution in [2.45, 2.75) is 6.92 Å². The molecule has 0 spiro atoms. The number of likely N-dealkylation sites (N-methyl/N-ethyl adjacent to an activating group) is 1. The second-order valence-corrected chi connectivity index (χ2v) is 7.01. The van der Waals surface area contributed by atoms with Crippen LogP contribution in [0.15, 0.2) is 35.1 Å². The number of carbonyl (C=O) groups excluding carboxylic acids is 1. The number of H-pyrrole nitrogens is 1. The topological polar surface area (TPSA) is 68.4 Å². The number of nitrogens with one attached hydrogen (secondary N) is 2. The maximum Gasteiger partial charge on any atom is 0.252 e. The largest absolute Gasteiger partial charge is 0.352 e. The van der Waals surface area contributed by atoms with E-state index in [0.29, 0.717) is 23.5 Å². The molecule has 1 aromatic heterocycles. The van der Waals surface area contributed by atoms with E-state index in [0.717, 1.165) is 38.1 Å². The van der Waals surface area contributed by atoms with Gasteiger partial charge in [0.25, 0.3) is 5.91 Å². The van der Waals surface area contributed by atoms with E-state index >= 15 is 0 Å². The first kappa shape index (κ1) is 17.6. The maximum absolute atomic E-state index is 12.6. The molecule has 6 heteroatoms. The minimum absolute atomic E-state index is 0.187. The van der Waals surface area contributed by atoms with Crippen molar-refractivity contribution >= 4 is 16.8 Å². The molecule has 1 atom stereocenters. The molecule has 1 aromatic carbocycles. The summed E-state index contributed by atoms with van der Waals surface area (Å²) >= 11 is 0. The van der Waals surface area contributed by atoms with E-state index in [4.69, 9.17) is 0 Å². The van der Waals surface area contributed by atoms with Crippen LogP contribution in [-0.2, 0) is 0 Å². The van der Waals surface area contributed by atoms with Crippen molar-refractivity contribution in [2.75, 3.05) is 46.3 Å². The summed E-state index contributed by atoms with van der Waals surface area (Å²) in [7, 11) is 2.15. The first-order chi connectivity index (χ1) is 12.0. The molecule has 0 bridgehead atoms. The molecule has 1 fully saturated rings. The molecule has 6 nitrogen and oxygen atoms in total. The molecule has 1 aliphatic rings. The van der Waals surface area contributed by atoms with Crippen LogP contribution in [0.4, 0.5) is 0 Å². The summed E-state index contributed by atoms with van der Waals surface area (Å²) < 4.78 is 0. The van der Waals surface area contributed by atoms with Crippen molar-refractivity contribution in [3.8, 4) is 0 Å². The lowest BCUT2D eigenvalue weighted by atomic mass is 10.1. The summed E-state index contributed by atoms with van der Waals surface area (Å²) in [4.78, 5) is 31.9. The Bertz CT molecular complexity index is 793. The second-order valence-electron chi connectivity index (χ2n) is 7.01. The number of piperazine rings is 1. The van der Waals surface area contributed by atoms with Crippen LogP contribution in [0.5, 0.6) is 0 Å². The van der Waals surface area contributed by atoms with Gasteiger partial charge in [0.1, 0.15) is 0 Å². The first-order valence-corrected chi connectivity index (χ1v) is 8.84. The van der Waals surface area contributed by atoms with Gasteiger partial charge < -0.3 is 20.1 Å². The lowest BCUT2D eigenvalue weighted by molar-refractivity contribution is 0.0939. The number of para-hydroxylation sites is 1. The fraction of sp³-hybridized carbons (Fsp3) is 0.474. The number of rotatable bonds is 5. The minimum atomic E-state index is -0.255. The van der Waals surface area contributed by atoms with E-state index in [1.807, 2.05) is 24.3 Å². The van der Waals surface area contributed by atoms with Gasteiger partial charge in [0, 0.05) is 56.2 Å². The van der Waals surface area contributed by atoms with Gasteiger partial charge in [0.2, 0.25) is 5.56 Å². The van der Waals surface area contributed by atoms with Gasteiger partial charge in [0.05, 0.1) is 5.56 Å². The molecule has 2 aromatic rings. The van der Waals surface area contributed by atoms with Crippen LogP contribution in [0.3, 0.4) is 0 Å². The van der Waals surface area contributed by atoms with Crippen LogP contribution >= 0.6 is 0 Å². The van der Waals surface area contributed by atoms with Crippen molar-refractivity contribution in [3.05, 3.63) is 46.2 Å². The summed E-state index contributed by atoms with van der Waals surface area (Å²) in [6.45, 7) is 8.07. The van der Waals surface area contributed by atoms with Crippen LogP contribution < -0.4 is 10.9 Å². The minimum Gasteiger partial charge on any atom is -0.352 e. The van der Waals surface area contributed by atoms with E-state index in [9.17, 15) is 9.59 Å². The molecule has 0 aliphatic carbocycles. The Morgan fingerprint density at radius 1 is 1.24 bits per heavy atom. The number of carbonyl (C=O) groups is 1. The Balaban J connectivity index is 1.60. The van der Waals surface area contributed by atoms with Gasteiger partial charge >= 0.3 is 0 Å². The maximum atomic E-state index is 12.6. The molecule has 2 heterocycles. The van der Waals surface area contributed by atoms with E-state index in [1.165, 1.54) is 6.07 Å². The lowest BCUT2D eigenvalue weighted by Gasteiger charge is -2.33. The number of pyridine rings is 1. The molecular weight excluding hydrogens is 316 g/mol. The predicted molar refractivity (Wildman–Crippen MR) is 100 cm³/mol. The summed E-state index contributed by atoms with van der Waals surface area (Å²) in [5.41, 5.74) is 0.867. The molecule has 0 radical (unpaired) electrons. The average molecular weight is 342 g/mol. The van der Waals surface area contributed by atoms with Gasteiger partial charge in [-0.3, -0.25) is 9.59 Å². The molecule has 0 saturated carbocycles.